The lowest BCUT2D eigenvalue weighted by Gasteiger charge is -2.09. The molecule has 0 radical (unpaired) electrons. The Morgan fingerprint density at radius 1 is 1.16 bits per heavy atom. The van der Waals surface area contributed by atoms with Crippen molar-refractivity contribution in [1.82, 2.24) is 5.32 Å². The van der Waals surface area contributed by atoms with E-state index in [2.05, 4.69) is 24.4 Å². The summed E-state index contributed by atoms with van der Waals surface area (Å²) in [5.74, 6) is -0.0674. The molecule has 2 aromatic rings. The van der Waals surface area contributed by atoms with Gasteiger partial charge in [0.15, 0.2) is 11.5 Å². The third-order valence-electron chi connectivity index (χ3n) is 3.48. The van der Waals surface area contributed by atoms with Crippen molar-refractivity contribution in [2.24, 2.45) is 0 Å². The molecule has 102 valence electrons. The van der Waals surface area contributed by atoms with E-state index in [0.29, 0.717) is 0 Å². The minimum Gasteiger partial charge on any atom is -0.504 e. The molecule has 0 bridgehead atoms. The van der Waals surface area contributed by atoms with Gasteiger partial charge in [0.25, 0.3) is 0 Å². The van der Waals surface area contributed by atoms with Crippen LogP contribution in [-0.2, 0) is 6.42 Å². The van der Waals surface area contributed by atoms with Gasteiger partial charge >= 0.3 is 0 Å². The maximum absolute atomic E-state index is 9.78. The Morgan fingerprint density at radius 3 is 2.68 bits per heavy atom. The predicted octanol–water partition coefficient (Wildman–Crippen LogP) is 3.10. The third-order valence-corrected chi connectivity index (χ3v) is 3.48. The largest absolute Gasteiger partial charge is 0.504 e. The minimum atomic E-state index is -0.0510. The van der Waals surface area contributed by atoms with Gasteiger partial charge in [-0.3, -0.25) is 0 Å². The van der Waals surface area contributed by atoms with Gasteiger partial charge < -0.3 is 15.5 Å². The van der Waals surface area contributed by atoms with Crippen LogP contribution in [0.2, 0.25) is 0 Å². The Labute approximate surface area is 113 Å². The summed E-state index contributed by atoms with van der Waals surface area (Å²) in [7, 11) is 0. The fourth-order valence-electron chi connectivity index (χ4n) is 2.34. The lowest BCUT2D eigenvalue weighted by Crippen LogP contribution is -2.14. The summed E-state index contributed by atoms with van der Waals surface area (Å²) in [6.45, 7) is 5.97. The first-order valence-electron chi connectivity index (χ1n) is 6.78. The van der Waals surface area contributed by atoms with E-state index in [9.17, 15) is 10.2 Å². The molecule has 0 aliphatic heterocycles. The van der Waals surface area contributed by atoms with Crippen LogP contribution >= 0.6 is 0 Å². The number of nitrogens with one attached hydrogen (secondary N) is 1. The Hall–Kier alpha value is -1.74. The highest BCUT2D eigenvalue weighted by atomic mass is 16.3. The lowest BCUT2D eigenvalue weighted by molar-refractivity contribution is 0.402. The van der Waals surface area contributed by atoms with Gasteiger partial charge in [0.2, 0.25) is 0 Å². The first-order valence-corrected chi connectivity index (χ1v) is 6.78. The molecule has 0 aliphatic rings. The van der Waals surface area contributed by atoms with Crippen molar-refractivity contribution < 1.29 is 10.2 Å². The van der Waals surface area contributed by atoms with Gasteiger partial charge in [-0.15, -0.1) is 0 Å². The Balaban J connectivity index is 2.25. The van der Waals surface area contributed by atoms with Crippen molar-refractivity contribution in [2.45, 2.75) is 26.7 Å². The molecule has 3 heteroatoms. The zero-order chi connectivity index (χ0) is 13.8. The number of benzene rings is 2. The quantitative estimate of drug-likeness (QED) is 0.571. The van der Waals surface area contributed by atoms with Crippen LogP contribution in [0.25, 0.3) is 10.8 Å². The molecule has 3 nitrogen and oxygen atoms in total. The maximum Gasteiger partial charge on any atom is 0.161 e. The minimum absolute atomic E-state index is 0.0164. The number of rotatable bonds is 5. The number of hydrogen-bond acceptors (Lipinski definition) is 3. The van der Waals surface area contributed by atoms with E-state index in [4.69, 9.17) is 0 Å². The summed E-state index contributed by atoms with van der Waals surface area (Å²) in [5, 5.41) is 24.7. The molecule has 2 rings (SSSR count). The highest BCUT2D eigenvalue weighted by Crippen LogP contribution is 2.35. The molecule has 0 saturated heterocycles. The van der Waals surface area contributed by atoms with Crippen LogP contribution in [0.3, 0.4) is 0 Å². The molecule has 0 aromatic heterocycles. The average Bonchev–Trinajstić information content (AvgIpc) is 2.42. The summed E-state index contributed by atoms with van der Waals surface area (Å²) < 4.78 is 0. The van der Waals surface area contributed by atoms with Crippen LogP contribution in [0.1, 0.15) is 24.5 Å². The van der Waals surface area contributed by atoms with E-state index in [-0.39, 0.29) is 11.5 Å². The Bertz CT molecular complexity index is 578. The van der Waals surface area contributed by atoms with Crippen molar-refractivity contribution in [1.29, 1.82) is 0 Å². The Morgan fingerprint density at radius 2 is 1.95 bits per heavy atom. The van der Waals surface area contributed by atoms with E-state index in [1.165, 1.54) is 5.56 Å². The zero-order valence-corrected chi connectivity index (χ0v) is 11.5. The van der Waals surface area contributed by atoms with Gasteiger partial charge in [0.05, 0.1) is 0 Å². The molecule has 0 aliphatic carbocycles. The zero-order valence-electron chi connectivity index (χ0n) is 11.5. The summed E-state index contributed by atoms with van der Waals surface area (Å²) >= 11 is 0. The van der Waals surface area contributed by atoms with Crippen molar-refractivity contribution in [3.63, 3.8) is 0 Å². The highest BCUT2D eigenvalue weighted by Gasteiger charge is 2.08. The molecule has 0 heterocycles. The Kier molecular flexibility index (Phi) is 4.27. The van der Waals surface area contributed by atoms with E-state index >= 15 is 0 Å². The van der Waals surface area contributed by atoms with Gasteiger partial charge in [-0.1, -0.05) is 25.1 Å². The summed E-state index contributed by atoms with van der Waals surface area (Å²) in [4.78, 5) is 0. The molecule has 0 unspecified atom stereocenters. The van der Waals surface area contributed by atoms with E-state index in [1.54, 1.807) is 6.07 Å². The molecule has 0 fully saturated rings. The van der Waals surface area contributed by atoms with Crippen LogP contribution in [0.15, 0.2) is 24.3 Å². The van der Waals surface area contributed by atoms with Crippen LogP contribution < -0.4 is 5.32 Å². The van der Waals surface area contributed by atoms with Crippen LogP contribution in [-0.4, -0.2) is 23.3 Å². The topological polar surface area (TPSA) is 52.5 Å². The van der Waals surface area contributed by atoms with Crippen LogP contribution in [0.5, 0.6) is 11.5 Å². The van der Waals surface area contributed by atoms with Gasteiger partial charge in [0.1, 0.15) is 0 Å². The van der Waals surface area contributed by atoms with Gasteiger partial charge in [-0.05, 0) is 55.3 Å². The molecule has 0 spiro atoms. The van der Waals surface area contributed by atoms with Gasteiger partial charge in [-0.25, -0.2) is 0 Å². The predicted molar refractivity (Wildman–Crippen MR) is 78.9 cm³/mol. The number of phenols is 2. The molecular formula is C16H21NO2. The van der Waals surface area contributed by atoms with Gasteiger partial charge in [0, 0.05) is 5.56 Å². The van der Waals surface area contributed by atoms with E-state index in [0.717, 1.165) is 42.3 Å². The maximum atomic E-state index is 9.78. The number of aromatic hydroxyl groups is 2. The average molecular weight is 259 g/mol. The smallest absolute Gasteiger partial charge is 0.161 e. The molecule has 2 aromatic carbocycles. The summed E-state index contributed by atoms with van der Waals surface area (Å²) in [5.41, 5.74) is 2.00. The van der Waals surface area contributed by atoms with E-state index in [1.807, 2.05) is 13.0 Å². The van der Waals surface area contributed by atoms with Crippen molar-refractivity contribution >= 4 is 10.8 Å². The molecule has 0 saturated carbocycles. The van der Waals surface area contributed by atoms with Crippen molar-refractivity contribution in [3.05, 3.63) is 35.4 Å². The van der Waals surface area contributed by atoms with Crippen LogP contribution in [0.4, 0.5) is 0 Å². The highest BCUT2D eigenvalue weighted by molar-refractivity contribution is 5.90. The second-order valence-electron chi connectivity index (χ2n) is 4.88. The second-order valence-corrected chi connectivity index (χ2v) is 4.88. The number of hydrogen-bond donors (Lipinski definition) is 3. The standard InChI is InChI=1S/C16H21NO2/c1-3-17-8-4-5-12-6-7-13-10-15(18)16(19)11(2)14(13)9-12/h6-7,9-10,17-19H,3-5,8H2,1-2H3. The summed E-state index contributed by atoms with van der Waals surface area (Å²) in [6, 6.07) is 7.81. The molecule has 0 atom stereocenters. The SMILES string of the molecule is CCNCCCc1ccc2cc(O)c(O)c(C)c2c1. The second kappa shape index (κ2) is 5.93. The monoisotopic (exact) mass is 259 g/mol. The number of phenolic OH excluding ortho intramolecular Hbond substituents is 2. The van der Waals surface area contributed by atoms with Crippen LogP contribution in [0, 0.1) is 6.92 Å². The lowest BCUT2D eigenvalue weighted by atomic mass is 9.99. The first kappa shape index (κ1) is 13.7. The summed E-state index contributed by atoms with van der Waals surface area (Å²) in [6.07, 6.45) is 2.12. The fraction of sp³-hybridized carbons (Fsp3) is 0.375. The fourth-order valence-corrected chi connectivity index (χ4v) is 2.34. The molecule has 19 heavy (non-hydrogen) atoms. The number of fused-ring (bicyclic) bond motifs is 1. The van der Waals surface area contributed by atoms with E-state index < -0.39 is 0 Å². The van der Waals surface area contributed by atoms with Crippen molar-refractivity contribution in [3.8, 4) is 11.5 Å². The normalized spacial score (nSPS) is 11.1. The molecule has 0 amide bonds. The molecular weight excluding hydrogens is 238 g/mol. The number of aryl methyl sites for hydroxylation is 2. The van der Waals surface area contributed by atoms with Gasteiger partial charge in [-0.2, -0.15) is 0 Å². The molecule has 3 N–H and O–H groups in total. The first-order chi connectivity index (χ1) is 9.13. The van der Waals surface area contributed by atoms with Crippen molar-refractivity contribution in [2.75, 3.05) is 13.1 Å². The third kappa shape index (κ3) is 2.99.